The second kappa shape index (κ2) is 5.63. The van der Waals surface area contributed by atoms with E-state index >= 15 is 0 Å². The molecule has 1 N–H and O–H groups in total. The van der Waals surface area contributed by atoms with Crippen molar-refractivity contribution in [2.75, 3.05) is 11.4 Å². The van der Waals surface area contributed by atoms with Crippen molar-refractivity contribution in [1.29, 1.82) is 0 Å². The van der Waals surface area contributed by atoms with Gasteiger partial charge in [0.15, 0.2) is 0 Å². The Kier molecular flexibility index (Phi) is 4.27. The van der Waals surface area contributed by atoms with Gasteiger partial charge in [0.2, 0.25) is 0 Å². The zero-order valence-corrected chi connectivity index (χ0v) is 13.6. The first-order valence-electron chi connectivity index (χ1n) is 5.55. The molecule has 0 spiro atoms. The molecule has 0 radical (unpaired) electrons. The van der Waals surface area contributed by atoms with Gasteiger partial charge in [-0.25, -0.2) is 8.42 Å². The molecule has 0 unspecified atom stereocenters. The Morgan fingerprint density at radius 3 is 2.30 bits per heavy atom. The number of phenols is 1. The molecule has 0 saturated carbocycles. The van der Waals surface area contributed by atoms with E-state index in [1.54, 1.807) is 6.07 Å². The van der Waals surface area contributed by atoms with Crippen LogP contribution in [0.5, 0.6) is 5.75 Å². The fourth-order valence-corrected chi connectivity index (χ4v) is 3.84. The second-order valence-corrected chi connectivity index (χ2v) is 7.32. The molecule has 0 heterocycles. The molecule has 7 heteroatoms. The minimum atomic E-state index is -3.75. The third-order valence-corrected chi connectivity index (χ3v) is 5.51. The fraction of sp³-hybridized carbons (Fsp3) is 0.0769. The maximum atomic E-state index is 12.5. The molecule has 2 aromatic carbocycles. The molecule has 2 rings (SSSR count). The summed E-state index contributed by atoms with van der Waals surface area (Å²) in [5, 5.41) is 9.38. The average molecular weight is 377 g/mol. The van der Waals surface area contributed by atoms with Crippen LogP contribution in [-0.4, -0.2) is 20.6 Å². The summed E-state index contributed by atoms with van der Waals surface area (Å²) in [5.41, 5.74) is 0.432. The standard InChI is InChI=1S/C13H11BrClNO3S/c1-16(10-3-5-11(17)6-4-10)20(18,19)13-7-2-9(14)8-12(13)15/h2-8,17H,1H3. The second-order valence-electron chi connectivity index (χ2n) is 4.06. The molecule has 106 valence electrons. The Balaban J connectivity index is 2.46. The lowest BCUT2D eigenvalue weighted by atomic mass is 10.3. The monoisotopic (exact) mass is 375 g/mol. The van der Waals surface area contributed by atoms with Crippen LogP contribution in [0.4, 0.5) is 5.69 Å². The number of hydrogen-bond acceptors (Lipinski definition) is 3. The molecule has 0 amide bonds. The molecule has 0 aliphatic rings. The molecule has 0 bridgehead atoms. The van der Waals surface area contributed by atoms with Crippen LogP contribution in [0.25, 0.3) is 0 Å². The lowest BCUT2D eigenvalue weighted by molar-refractivity contribution is 0.475. The van der Waals surface area contributed by atoms with Gasteiger partial charge in [-0.2, -0.15) is 0 Å². The summed E-state index contributed by atoms with van der Waals surface area (Å²) in [4.78, 5) is 0.0259. The predicted octanol–water partition coefficient (Wildman–Crippen LogP) is 3.63. The largest absolute Gasteiger partial charge is 0.508 e. The van der Waals surface area contributed by atoms with Crippen LogP contribution in [0, 0.1) is 0 Å². The molecule has 0 aliphatic heterocycles. The summed E-state index contributed by atoms with van der Waals surface area (Å²) < 4.78 is 26.8. The first kappa shape index (κ1) is 15.2. The SMILES string of the molecule is CN(c1ccc(O)cc1)S(=O)(=O)c1ccc(Br)cc1Cl. The molecule has 20 heavy (non-hydrogen) atoms. The molecular weight excluding hydrogens is 366 g/mol. The zero-order valence-electron chi connectivity index (χ0n) is 10.4. The number of halogens is 2. The number of aromatic hydroxyl groups is 1. The van der Waals surface area contributed by atoms with Crippen molar-refractivity contribution in [3.05, 3.63) is 52.0 Å². The van der Waals surface area contributed by atoms with Crippen molar-refractivity contribution in [3.63, 3.8) is 0 Å². The van der Waals surface area contributed by atoms with Gasteiger partial charge in [0, 0.05) is 11.5 Å². The van der Waals surface area contributed by atoms with E-state index in [1.807, 2.05) is 0 Å². The Labute approximate surface area is 130 Å². The molecular formula is C13H11BrClNO3S. The maximum Gasteiger partial charge on any atom is 0.265 e. The van der Waals surface area contributed by atoms with E-state index in [0.29, 0.717) is 10.2 Å². The van der Waals surface area contributed by atoms with Crippen molar-refractivity contribution in [2.45, 2.75) is 4.90 Å². The van der Waals surface area contributed by atoms with Gasteiger partial charge in [-0.3, -0.25) is 4.31 Å². The number of sulfonamides is 1. The van der Waals surface area contributed by atoms with E-state index in [0.717, 1.165) is 4.31 Å². The molecule has 0 atom stereocenters. The summed E-state index contributed by atoms with van der Waals surface area (Å²) >= 11 is 9.23. The van der Waals surface area contributed by atoms with Crippen LogP contribution in [0.3, 0.4) is 0 Å². The molecule has 2 aromatic rings. The molecule has 0 aromatic heterocycles. The van der Waals surface area contributed by atoms with E-state index < -0.39 is 10.0 Å². The van der Waals surface area contributed by atoms with Gasteiger partial charge in [-0.15, -0.1) is 0 Å². The number of anilines is 1. The normalized spacial score (nSPS) is 11.3. The summed E-state index contributed by atoms with van der Waals surface area (Å²) in [6.45, 7) is 0. The van der Waals surface area contributed by atoms with E-state index in [-0.39, 0.29) is 15.7 Å². The summed E-state index contributed by atoms with van der Waals surface area (Å²) in [7, 11) is -2.32. The maximum absolute atomic E-state index is 12.5. The Morgan fingerprint density at radius 2 is 1.75 bits per heavy atom. The van der Waals surface area contributed by atoms with Crippen LogP contribution < -0.4 is 4.31 Å². The third-order valence-electron chi connectivity index (χ3n) is 2.75. The third kappa shape index (κ3) is 2.92. The van der Waals surface area contributed by atoms with Crippen molar-refractivity contribution in [1.82, 2.24) is 0 Å². The Morgan fingerprint density at radius 1 is 1.15 bits per heavy atom. The quantitative estimate of drug-likeness (QED) is 0.890. The van der Waals surface area contributed by atoms with Crippen molar-refractivity contribution in [2.24, 2.45) is 0 Å². The van der Waals surface area contributed by atoms with E-state index in [4.69, 9.17) is 11.6 Å². The summed E-state index contributed by atoms with van der Waals surface area (Å²) in [6.07, 6.45) is 0. The van der Waals surface area contributed by atoms with Crippen molar-refractivity contribution < 1.29 is 13.5 Å². The first-order chi connectivity index (χ1) is 9.32. The van der Waals surface area contributed by atoms with Crippen LogP contribution in [-0.2, 0) is 10.0 Å². The highest BCUT2D eigenvalue weighted by atomic mass is 79.9. The lowest BCUT2D eigenvalue weighted by Crippen LogP contribution is -2.26. The van der Waals surface area contributed by atoms with Gasteiger partial charge in [-0.05, 0) is 42.5 Å². The van der Waals surface area contributed by atoms with E-state index in [1.165, 1.54) is 43.4 Å². The van der Waals surface area contributed by atoms with Gasteiger partial charge in [-0.1, -0.05) is 27.5 Å². The molecule has 0 saturated heterocycles. The van der Waals surface area contributed by atoms with Gasteiger partial charge >= 0.3 is 0 Å². The van der Waals surface area contributed by atoms with Crippen LogP contribution in [0.2, 0.25) is 5.02 Å². The van der Waals surface area contributed by atoms with Gasteiger partial charge in [0.05, 0.1) is 10.7 Å². The minimum Gasteiger partial charge on any atom is -0.508 e. The van der Waals surface area contributed by atoms with E-state index in [9.17, 15) is 13.5 Å². The topological polar surface area (TPSA) is 57.6 Å². The zero-order chi connectivity index (χ0) is 14.9. The molecule has 0 aliphatic carbocycles. The van der Waals surface area contributed by atoms with Gasteiger partial charge in [0.1, 0.15) is 10.6 Å². The van der Waals surface area contributed by atoms with Crippen LogP contribution in [0.1, 0.15) is 0 Å². The summed E-state index contributed by atoms with van der Waals surface area (Å²) in [6, 6.07) is 10.5. The smallest absolute Gasteiger partial charge is 0.265 e. The number of nitrogens with zero attached hydrogens (tertiary/aromatic N) is 1. The Hall–Kier alpha value is -1.24. The van der Waals surface area contributed by atoms with Crippen molar-refractivity contribution >= 4 is 43.2 Å². The number of phenolic OH excluding ortho intramolecular Hbond substituents is 1. The van der Waals surface area contributed by atoms with Gasteiger partial charge in [0.25, 0.3) is 10.0 Å². The van der Waals surface area contributed by atoms with Gasteiger partial charge < -0.3 is 5.11 Å². The molecule has 0 fully saturated rings. The number of hydrogen-bond donors (Lipinski definition) is 1. The van der Waals surface area contributed by atoms with Crippen LogP contribution >= 0.6 is 27.5 Å². The minimum absolute atomic E-state index is 0.0259. The highest BCUT2D eigenvalue weighted by Gasteiger charge is 2.24. The van der Waals surface area contributed by atoms with Crippen LogP contribution in [0.15, 0.2) is 51.8 Å². The number of rotatable bonds is 3. The molecule has 4 nitrogen and oxygen atoms in total. The highest BCUT2D eigenvalue weighted by molar-refractivity contribution is 9.10. The first-order valence-corrected chi connectivity index (χ1v) is 8.16. The van der Waals surface area contributed by atoms with E-state index in [2.05, 4.69) is 15.9 Å². The van der Waals surface area contributed by atoms with Crippen molar-refractivity contribution in [3.8, 4) is 5.75 Å². The summed E-state index contributed by atoms with van der Waals surface area (Å²) in [5.74, 6) is 0.0706. The predicted molar refractivity (Wildman–Crippen MR) is 82.8 cm³/mol. The fourth-order valence-electron chi connectivity index (χ4n) is 1.63. The average Bonchev–Trinajstić information content (AvgIpc) is 2.38. The lowest BCUT2D eigenvalue weighted by Gasteiger charge is -2.20. The number of benzene rings is 2. The Bertz CT molecular complexity index is 732. The highest BCUT2D eigenvalue weighted by Crippen LogP contribution is 2.30.